The van der Waals surface area contributed by atoms with Crippen molar-refractivity contribution in [2.45, 2.75) is 198 Å². The molecular formula is C40H71NO30. The second-order valence-electron chi connectivity index (χ2n) is 18.3. The normalized spacial score (nSPS) is 48.6. The van der Waals surface area contributed by atoms with Gasteiger partial charge in [-0.05, 0) is 6.92 Å². The molecule has 31 nitrogen and oxygen atoms in total. The Bertz CT molecular complexity index is 1600. The maximum Gasteiger partial charge on any atom is 0.187 e. The second kappa shape index (κ2) is 25.7. The van der Waals surface area contributed by atoms with Gasteiger partial charge in [-0.3, -0.25) is 5.32 Å². The molecule has 6 heterocycles. The van der Waals surface area contributed by atoms with Gasteiger partial charge in [0.15, 0.2) is 37.7 Å². The molecule has 0 aromatic rings. The van der Waals surface area contributed by atoms with E-state index < -0.39 is 230 Å². The van der Waals surface area contributed by atoms with Crippen LogP contribution in [0.1, 0.15) is 13.8 Å². The summed E-state index contributed by atoms with van der Waals surface area (Å²) in [5.74, 6) is -1.34. The van der Waals surface area contributed by atoms with E-state index in [2.05, 4.69) is 5.32 Å². The molecule has 0 aliphatic carbocycles. The molecule has 6 fully saturated rings. The average molecular weight is 1050 g/mol. The van der Waals surface area contributed by atoms with Gasteiger partial charge < -0.3 is 149 Å². The molecule has 0 radical (unpaired) electrons. The fourth-order valence-corrected chi connectivity index (χ4v) is 9.13. The van der Waals surface area contributed by atoms with Crippen molar-refractivity contribution in [3.8, 4) is 0 Å². The van der Waals surface area contributed by atoms with Crippen LogP contribution < -0.4 is 5.32 Å². The minimum Gasteiger partial charge on any atom is -0.394 e. The largest absolute Gasteiger partial charge is 0.394 e. The quantitative estimate of drug-likeness (QED) is 0.0475. The molecule has 0 aromatic heterocycles. The maximum atomic E-state index is 12.2. The smallest absolute Gasteiger partial charge is 0.187 e. The van der Waals surface area contributed by atoms with Crippen molar-refractivity contribution in [1.82, 2.24) is 5.32 Å². The Hall–Kier alpha value is -1.24. The lowest BCUT2D eigenvalue weighted by molar-refractivity contribution is -0.382. The van der Waals surface area contributed by atoms with Crippen molar-refractivity contribution in [1.29, 1.82) is 0 Å². The summed E-state index contributed by atoms with van der Waals surface area (Å²) in [6, 6.07) is -0.929. The minimum absolute atomic E-state index is 0.611. The Morgan fingerprint density at radius 3 is 1.37 bits per heavy atom. The van der Waals surface area contributed by atoms with E-state index in [1.54, 1.807) is 6.92 Å². The van der Waals surface area contributed by atoms with E-state index in [-0.39, 0.29) is 0 Å². The van der Waals surface area contributed by atoms with Gasteiger partial charge >= 0.3 is 0 Å². The van der Waals surface area contributed by atoms with Gasteiger partial charge in [0.25, 0.3) is 0 Å². The Balaban J connectivity index is 1.30. The van der Waals surface area contributed by atoms with Gasteiger partial charge in [0.05, 0.1) is 51.8 Å². The van der Waals surface area contributed by atoms with Crippen LogP contribution >= 0.6 is 0 Å². The second-order valence-corrected chi connectivity index (χ2v) is 18.3. The standard InChI is InChI=1S/C40H71NO30/c1-10(9-61-39-33(26(55)21(50)14(6-44)65-39)70-37-28(57)24(53)19(48)12(4-42)63-37)18(47)32(30(59)36(60-3)68-31-16(8-46)67-35-17(23(31)52)41-11(2)62-35)69-40-34(27(56)22(51)15(7-45)66-40)71-38-29(58)25(54)20(49)13(5-43)64-38/h10-59H,4-9H2,1-3H3/t10?,11?,12?,13-,14?,15-,16?,17?,18?,19?,20?,21?,22?,23?,24?,25?,26?,27?,28?,29?,30?,31?,32?,33?,34?,35?,36?,37?,38+,39?,40+/m0/s1. The molecule has 31 atom stereocenters. The van der Waals surface area contributed by atoms with E-state index in [9.17, 15) is 91.9 Å². The molecule has 0 spiro atoms. The fourth-order valence-electron chi connectivity index (χ4n) is 9.13. The van der Waals surface area contributed by atoms with Gasteiger partial charge in [-0.25, -0.2) is 0 Å². The molecule has 27 unspecified atom stereocenters. The maximum absolute atomic E-state index is 12.2. The van der Waals surface area contributed by atoms with Gasteiger partial charge in [0.2, 0.25) is 0 Å². The molecule has 6 aliphatic heterocycles. The molecule has 6 aliphatic rings. The number of methoxy groups -OCH3 is 1. The number of aliphatic hydroxyl groups excluding tert-OH is 18. The number of hydrogen-bond acceptors (Lipinski definition) is 31. The third-order valence-corrected chi connectivity index (χ3v) is 13.4. The average Bonchev–Trinajstić information content (AvgIpc) is 3.75. The number of ether oxygens (including phenoxy) is 12. The van der Waals surface area contributed by atoms with Gasteiger partial charge in [-0.1, -0.05) is 6.92 Å². The third-order valence-electron chi connectivity index (χ3n) is 13.4. The first-order valence-corrected chi connectivity index (χ1v) is 23.0. The van der Waals surface area contributed by atoms with E-state index in [4.69, 9.17) is 56.8 Å². The fraction of sp³-hybridized carbons (Fsp3) is 1.00. The van der Waals surface area contributed by atoms with Crippen molar-refractivity contribution in [3.05, 3.63) is 0 Å². The molecule has 0 aromatic carbocycles. The molecule has 71 heavy (non-hydrogen) atoms. The Labute approximate surface area is 404 Å². The summed E-state index contributed by atoms with van der Waals surface area (Å²) in [5.41, 5.74) is 0. The number of nitrogens with one attached hydrogen (secondary N) is 1. The van der Waals surface area contributed by atoms with Crippen LogP contribution in [-0.4, -0.2) is 323 Å². The first-order chi connectivity index (χ1) is 33.7. The van der Waals surface area contributed by atoms with Crippen LogP contribution in [0.15, 0.2) is 0 Å². The number of hydrogen-bond donors (Lipinski definition) is 19. The van der Waals surface area contributed by atoms with Crippen LogP contribution in [0.4, 0.5) is 0 Å². The summed E-state index contributed by atoms with van der Waals surface area (Å²) >= 11 is 0. The predicted octanol–water partition coefficient (Wildman–Crippen LogP) is -12.2. The first kappa shape index (κ1) is 59.0. The van der Waals surface area contributed by atoms with Crippen molar-refractivity contribution in [2.75, 3.05) is 46.8 Å². The van der Waals surface area contributed by atoms with Crippen molar-refractivity contribution in [3.63, 3.8) is 0 Å². The Morgan fingerprint density at radius 2 is 0.901 bits per heavy atom. The number of fused-ring (bicyclic) bond motifs is 1. The highest BCUT2D eigenvalue weighted by Crippen LogP contribution is 2.36. The van der Waals surface area contributed by atoms with Crippen molar-refractivity contribution in [2.24, 2.45) is 5.92 Å². The minimum atomic E-state index is -2.26. The zero-order valence-corrected chi connectivity index (χ0v) is 38.6. The molecule has 31 heteroatoms. The highest BCUT2D eigenvalue weighted by Gasteiger charge is 2.56. The summed E-state index contributed by atoms with van der Waals surface area (Å²) in [5, 5.41) is 196. The Kier molecular flexibility index (Phi) is 21.4. The molecule has 0 bridgehead atoms. The number of rotatable bonds is 21. The van der Waals surface area contributed by atoms with E-state index in [0.29, 0.717) is 0 Å². The van der Waals surface area contributed by atoms with E-state index in [1.807, 2.05) is 0 Å². The highest BCUT2D eigenvalue weighted by molar-refractivity contribution is 5.00. The molecule has 0 amide bonds. The van der Waals surface area contributed by atoms with Gasteiger partial charge in [-0.15, -0.1) is 0 Å². The van der Waals surface area contributed by atoms with Crippen LogP contribution in [0.2, 0.25) is 0 Å². The lowest BCUT2D eigenvalue weighted by Gasteiger charge is -2.47. The summed E-state index contributed by atoms with van der Waals surface area (Å²) in [6.45, 7) is -2.19. The lowest BCUT2D eigenvalue weighted by Crippen LogP contribution is -2.66. The van der Waals surface area contributed by atoms with Crippen LogP contribution in [0.25, 0.3) is 0 Å². The monoisotopic (exact) mass is 1050 g/mol. The SMILES string of the molecule is COC(OC1C(CO)OC2OC(C)NC2C1O)C(O)C(O[C@H]1O[C@@H](CO)C(O)C(O)C1O[C@H]1O[C@@H](CO)C(O)C(O)C1O)C(O)C(C)COC1OC(CO)C(O)C(O)C1OC1OC(CO)C(O)C(O)C1O. The summed E-state index contributed by atoms with van der Waals surface area (Å²) in [6.07, 6.45) is -52.1. The Morgan fingerprint density at radius 1 is 0.465 bits per heavy atom. The predicted molar refractivity (Wildman–Crippen MR) is 220 cm³/mol. The van der Waals surface area contributed by atoms with Gasteiger partial charge in [0, 0.05) is 13.0 Å². The molecule has 0 saturated carbocycles. The van der Waals surface area contributed by atoms with Crippen LogP contribution in [-0.2, 0) is 56.8 Å². The van der Waals surface area contributed by atoms with Crippen molar-refractivity contribution < 1.29 is 149 Å². The van der Waals surface area contributed by atoms with Gasteiger partial charge in [-0.2, -0.15) is 0 Å². The van der Waals surface area contributed by atoms with Crippen molar-refractivity contribution >= 4 is 0 Å². The zero-order chi connectivity index (χ0) is 52.3. The van der Waals surface area contributed by atoms with Crippen LogP contribution in [0.5, 0.6) is 0 Å². The van der Waals surface area contributed by atoms with Crippen LogP contribution in [0.3, 0.4) is 0 Å². The molecule has 6 rings (SSSR count). The number of aliphatic hydroxyl groups is 18. The van der Waals surface area contributed by atoms with E-state index in [1.165, 1.54) is 6.92 Å². The van der Waals surface area contributed by atoms with E-state index >= 15 is 0 Å². The zero-order valence-electron chi connectivity index (χ0n) is 38.6. The summed E-state index contributed by atoms with van der Waals surface area (Å²) in [7, 11) is 1.03. The highest BCUT2D eigenvalue weighted by atomic mass is 16.8. The molecule has 416 valence electrons. The first-order valence-electron chi connectivity index (χ1n) is 23.0. The third kappa shape index (κ3) is 12.6. The molecule has 19 N–H and O–H groups in total. The van der Waals surface area contributed by atoms with Crippen LogP contribution in [0, 0.1) is 5.92 Å². The summed E-state index contributed by atoms with van der Waals surface area (Å²) in [4.78, 5) is 0. The summed E-state index contributed by atoms with van der Waals surface area (Å²) < 4.78 is 68.7. The topological polar surface area (TPSA) is 487 Å². The van der Waals surface area contributed by atoms with E-state index in [0.717, 1.165) is 7.11 Å². The molecule has 6 saturated heterocycles. The lowest BCUT2D eigenvalue weighted by atomic mass is 9.94. The molecular weight excluding hydrogens is 974 g/mol. The van der Waals surface area contributed by atoms with Gasteiger partial charge in [0.1, 0.15) is 134 Å².